The van der Waals surface area contributed by atoms with Gasteiger partial charge in [-0.25, -0.2) is 0 Å². The second kappa shape index (κ2) is 7.43. The van der Waals surface area contributed by atoms with Gasteiger partial charge in [0.1, 0.15) is 0 Å². The SMILES string of the molecule is COCC1CCN(CC2CC(C(C)(C)C)CCC2O)CC1. The fraction of sp³-hybridized carbons (Fsp3) is 1.00. The van der Waals surface area contributed by atoms with Crippen molar-refractivity contribution in [1.82, 2.24) is 4.90 Å². The number of aliphatic hydroxyl groups is 1. The Bertz CT molecular complexity index is 305. The van der Waals surface area contributed by atoms with Crippen molar-refractivity contribution >= 4 is 0 Å². The lowest BCUT2D eigenvalue weighted by molar-refractivity contribution is -0.00375. The maximum Gasteiger partial charge on any atom is 0.0580 e. The molecule has 0 aromatic carbocycles. The molecule has 0 spiro atoms. The summed E-state index contributed by atoms with van der Waals surface area (Å²) in [6.07, 6.45) is 5.80. The molecule has 1 saturated carbocycles. The summed E-state index contributed by atoms with van der Waals surface area (Å²) in [5.74, 6) is 1.98. The standard InChI is InChI=1S/C18H35NO2/c1-18(2,3)16-5-6-17(20)15(11-16)12-19-9-7-14(8-10-19)13-21-4/h14-17,20H,5-13H2,1-4H3. The summed E-state index contributed by atoms with van der Waals surface area (Å²) in [7, 11) is 1.80. The van der Waals surface area contributed by atoms with E-state index in [1.807, 2.05) is 0 Å². The van der Waals surface area contributed by atoms with Crippen molar-refractivity contribution in [3.8, 4) is 0 Å². The maximum absolute atomic E-state index is 10.4. The molecule has 1 saturated heterocycles. The van der Waals surface area contributed by atoms with Crippen molar-refractivity contribution in [1.29, 1.82) is 0 Å². The van der Waals surface area contributed by atoms with Gasteiger partial charge in [0.15, 0.2) is 0 Å². The van der Waals surface area contributed by atoms with E-state index < -0.39 is 0 Å². The van der Waals surface area contributed by atoms with Crippen molar-refractivity contribution in [2.45, 2.75) is 59.0 Å². The molecule has 3 heteroatoms. The fourth-order valence-corrected chi connectivity index (χ4v) is 4.13. The number of nitrogens with zero attached hydrogens (tertiary/aromatic N) is 1. The quantitative estimate of drug-likeness (QED) is 0.865. The number of ether oxygens (including phenoxy) is 1. The maximum atomic E-state index is 10.4. The molecule has 0 aromatic rings. The summed E-state index contributed by atoms with van der Waals surface area (Å²) < 4.78 is 5.28. The lowest BCUT2D eigenvalue weighted by Crippen LogP contribution is -2.44. The molecule has 1 N–H and O–H groups in total. The lowest BCUT2D eigenvalue weighted by atomic mass is 9.68. The summed E-state index contributed by atoms with van der Waals surface area (Å²) in [5, 5.41) is 10.4. The van der Waals surface area contributed by atoms with Crippen LogP contribution < -0.4 is 0 Å². The topological polar surface area (TPSA) is 32.7 Å². The Hall–Kier alpha value is -0.120. The zero-order valence-electron chi connectivity index (χ0n) is 14.5. The fourth-order valence-electron chi connectivity index (χ4n) is 4.13. The number of hydrogen-bond donors (Lipinski definition) is 1. The van der Waals surface area contributed by atoms with Crippen molar-refractivity contribution in [2.24, 2.45) is 23.2 Å². The molecule has 1 aliphatic heterocycles. The van der Waals surface area contributed by atoms with Crippen molar-refractivity contribution in [3.05, 3.63) is 0 Å². The van der Waals surface area contributed by atoms with Gasteiger partial charge in [0.05, 0.1) is 6.10 Å². The largest absolute Gasteiger partial charge is 0.393 e. The molecule has 21 heavy (non-hydrogen) atoms. The highest BCUT2D eigenvalue weighted by Crippen LogP contribution is 2.40. The van der Waals surface area contributed by atoms with Gasteiger partial charge in [-0.2, -0.15) is 0 Å². The average molecular weight is 297 g/mol. The highest BCUT2D eigenvalue weighted by atomic mass is 16.5. The summed E-state index contributed by atoms with van der Waals surface area (Å²) in [6, 6.07) is 0. The van der Waals surface area contributed by atoms with Crippen LogP contribution in [-0.2, 0) is 4.74 Å². The summed E-state index contributed by atoms with van der Waals surface area (Å²) in [6.45, 7) is 11.4. The van der Waals surface area contributed by atoms with Gasteiger partial charge in [0, 0.05) is 20.3 Å². The minimum atomic E-state index is -0.0831. The molecule has 0 amide bonds. The van der Waals surface area contributed by atoms with Crippen LogP contribution in [-0.4, -0.2) is 49.5 Å². The molecule has 0 bridgehead atoms. The molecule has 1 heterocycles. The first kappa shape index (κ1) is 17.2. The molecule has 2 aliphatic rings. The Kier molecular flexibility index (Phi) is 6.10. The minimum absolute atomic E-state index is 0.0831. The third-order valence-corrected chi connectivity index (χ3v) is 5.77. The predicted octanol–water partition coefficient (Wildman–Crippen LogP) is 3.17. The van der Waals surface area contributed by atoms with Crippen LogP contribution in [0, 0.1) is 23.2 Å². The van der Waals surface area contributed by atoms with Crippen LogP contribution in [0.3, 0.4) is 0 Å². The highest BCUT2D eigenvalue weighted by Gasteiger charge is 2.36. The number of likely N-dealkylation sites (tertiary alicyclic amines) is 1. The summed E-state index contributed by atoms with van der Waals surface area (Å²) in [5.41, 5.74) is 0.379. The first-order valence-electron chi connectivity index (χ1n) is 8.79. The summed E-state index contributed by atoms with van der Waals surface area (Å²) >= 11 is 0. The monoisotopic (exact) mass is 297 g/mol. The molecule has 0 aromatic heterocycles. The predicted molar refractivity (Wildman–Crippen MR) is 87.3 cm³/mol. The molecular weight excluding hydrogens is 262 g/mol. The average Bonchev–Trinajstić information content (AvgIpc) is 2.42. The zero-order chi connectivity index (χ0) is 15.5. The van der Waals surface area contributed by atoms with Gasteiger partial charge >= 0.3 is 0 Å². The number of hydrogen-bond acceptors (Lipinski definition) is 3. The van der Waals surface area contributed by atoms with E-state index in [2.05, 4.69) is 25.7 Å². The Labute approximate surface area is 131 Å². The van der Waals surface area contributed by atoms with E-state index in [0.717, 1.165) is 31.4 Å². The first-order chi connectivity index (χ1) is 9.90. The van der Waals surface area contributed by atoms with Crippen LogP contribution in [0.25, 0.3) is 0 Å². The van der Waals surface area contributed by atoms with Crippen LogP contribution in [0.4, 0.5) is 0 Å². The Balaban J connectivity index is 1.81. The molecule has 2 fully saturated rings. The van der Waals surface area contributed by atoms with E-state index in [1.165, 1.54) is 38.8 Å². The van der Waals surface area contributed by atoms with E-state index in [0.29, 0.717) is 11.3 Å². The second-order valence-corrected chi connectivity index (χ2v) is 8.40. The van der Waals surface area contributed by atoms with E-state index in [9.17, 15) is 5.11 Å². The molecule has 124 valence electrons. The Morgan fingerprint density at radius 2 is 1.76 bits per heavy atom. The third kappa shape index (κ3) is 4.94. The number of piperidine rings is 1. The zero-order valence-corrected chi connectivity index (χ0v) is 14.5. The van der Waals surface area contributed by atoms with Crippen LogP contribution >= 0.6 is 0 Å². The van der Waals surface area contributed by atoms with E-state index >= 15 is 0 Å². The van der Waals surface area contributed by atoms with E-state index in [4.69, 9.17) is 4.74 Å². The van der Waals surface area contributed by atoms with Gasteiger partial charge in [0.25, 0.3) is 0 Å². The van der Waals surface area contributed by atoms with Crippen LogP contribution in [0.15, 0.2) is 0 Å². The number of rotatable bonds is 4. The lowest BCUT2D eigenvalue weighted by Gasteiger charge is -2.42. The second-order valence-electron chi connectivity index (χ2n) is 8.40. The van der Waals surface area contributed by atoms with Gasteiger partial charge in [-0.3, -0.25) is 0 Å². The van der Waals surface area contributed by atoms with Crippen molar-refractivity contribution in [2.75, 3.05) is 33.4 Å². The van der Waals surface area contributed by atoms with Crippen LogP contribution in [0.5, 0.6) is 0 Å². The molecular formula is C18H35NO2. The Morgan fingerprint density at radius 1 is 1.10 bits per heavy atom. The summed E-state index contributed by atoms with van der Waals surface area (Å²) in [4.78, 5) is 2.57. The molecule has 3 nitrogen and oxygen atoms in total. The van der Waals surface area contributed by atoms with Crippen LogP contribution in [0.1, 0.15) is 52.9 Å². The highest BCUT2D eigenvalue weighted by molar-refractivity contribution is 4.87. The minimum Gasteiger partial charge on any atom is -0.393 e. The normalized spacial score (nSPS) is 33.3. The molecule has 1 aliphatic carbocycles. The van der Waals surface area contributed by atoms with Gasteiger partial charge in [-0.1, -0.05) is 20.8 Å². The molecule has 0 radical (unpaired) electrons. The first-order valence-corrected chi connectivity index (χ1v) is 8.79. The Morgan fingerprint density at radius 3 is 2.33 bits per heavy atom. The van der Waals surface area contributed by atoms with Gasteiger partial charge < -0.3 is 14.7 Å². The molecule has 3 unspecified atom stereocenters. The number of aliphatic hydroxyl groups excluding tert-OH is 1. The van der Waals surface area contributed by atoms with Gasteiger partial charge in [-0.15, -0.1) is 0 Å². The number of methoxy groups -OCH3 is 1. The van der Waals surface area contributed by atoms with E-state index in [1.54, 1.807) is 7.11 Å². The van der Waals surface area contributed by atoms with Crippen LogP contribution in [0.2, 0.25) is 0 Å². The van der Waals surface area contributed by atoms with Crippen molar-refractivity contribution < 1.29 is 9.84 Å². The third-order valence-electron chi connectivity index (χ3n) is 5.77. The molecule has 3 atom stereocenters. The smallest absolute Gasteiger partial charge is 0.0580 e. The van der Waals surface area contributed by atoms with Crippen molar-refractivity contribution in [3.63, 3.8) is 0 Å². The van der Waals surface area contributed by atoms with Gasteiger partial charge in [0.2, 0.25) is 0 Å². The molecule has 2 rings (SSSR count). The van der Waals surface area contributed by atoms with E-state index in [-0.39, 0.29) is 6.10 Å². The van der Waals surface area contributed by atoms with Gasteiger partial charge in [-0.05, 0) is 68.4 Å².